The van der Waals surface area contributed by atoms with Gasteiger partial charge in [0.25, 0.3) is 0 Å². The first-order valence-electron chi connectivity index (χ1n) is 7.86. The van der Waals surface area contributed by atoms with E-state index in [9.17, 15) is 0 Å². The van der Waals surface area contributed by atoms with Crippen LogP contribution in [0.2, 0.25) is 0 Å². The van der Waals surface area contributed by atoms with Crippen LogP contribution in [0.5, 0.6) is 0 Å². The predicted octanol–water partition coefficient (Wildman–Crippen LogP) is 2.13. The van der Waals surface area contributed by atoms with Crippen LogP contribution >= 0.6 is 0 Å². The van der Waals surface area contributed by atoms with Gasteiger partial charge >= 0.3 is 0 Å². The first-order valence-corrected chi connectivity index (χ1v) is 7.86. The molecule has 0 bridgehead atoms. The van der Waals surface area contributed by atoms with Gasteiger partial charge in [-0.3, -0.25) is 0 Å². The average Bonchev–Trinajstić information content (AvgIpc) is 2.41. The summed E-state index contributed by atoms with van der Waals surface area (Å²) in [6, 6.07) is 0.814. The number of hydrogen-bond acceptors (Lipinski definition) is 3. The van der Waals surface area contributed by atoms with Gasteiger partial charge in [-0.1, -0.05) is 20.8 Å². The molecule has 0 aromatic carbocycles. The second kappa shape index (κ2) is 8.89. The molecule has 0 amide bonds. The first kappa shape index (κ1) is 15.9. The fourth-order valence-corrected chi connectivity index (χ4v) is 2.92. The summed E-state index contributed by atoms with van der Waals surface area (Å²) in [5.41, 5.74) is 0. The molecule has 1 saturated heterocycles. The fraction of sp³-hybridized carbons (Fsp3) is 1.00. The number of rotatable bonds is 8. The van der Waals surface area contributed by atoms with Crippen LogP contribution in [-0.2, 0) is 0 Å². The molecule has 0 aliphatic carbocycles. The topological polar surface area (TPSA) is 9.72 Å². The summed E-state index contributed by atoms with van der Waals surface area (Å²) in [6.45, 7) is 15.5. The normalized spacial score (nSPS) is 19.0. The summed E-state index contributed by atoms with van der Waals surface area (Å²) in [7, 11) is 2.31. The van der Waals surface area contributed by atoms with Gasteiger partial charge in [-0.15, -0.1) is 0 Å². The van der Waals surface area contributed by atoms with Crippen molar-refractivity contribution >= 4 is 0 Å². The zero-order chi connectivity index (χ0) is 13.4. The van der Waals surface area contributed by atoms with Gasteiger partial charge < -0.3 is 14.7 Å². The van der Waals surface area contributed by atoms with E-state index in [0.29, 0.717) is 0 Å². The standard InChI is InChI=1S/C15H33N3/c1-5-10-18-11-8-15(9-12-18)16(4)13-14-17(6-2)7-3/h15H,5-14H2,1-4H3. The molecule has 1 aliphatic heterocycles. The SMILES string of the molecule is CCCN1CCC(N(C)CCN(CC)CC)CC1. The van der Waals surface area contributed by atoms with Crippen LogP contribution in [0, 0.1) is 0 Å². The Bertz CT molecular complexity index is 196. The maximum Gasteiger partial charge on any atom is 0.0117 e. The van der Waals surface area contributed by atoms with Crippen molar-refractivity contribution in [2.24, 2.45) is 0 Å². The van der Waals surface area contributed by atoms with E-state index in [0.717, 1.165) is 6.04 Å². The molecular formula is C15H33N3. The number of piperidine rings is 1. The molecule has 0 spiro atoms. The zero-order valence-electron chi connectivity index (χ0n) is 13.0. The molecule has 0 radical (unpaired) electrons. The van der Waals surface area contributed by atoms with Gasteiger partial charge in [0, 0.05) is 19.1 Å². The molecular weight excluding hydrogens is 222 g/mol. The van der Waals surface area contributed by atoms with Crippen LogP contribution in [-0.4, -0.2) is 73.6 Å². The van der Waals surface area contributed by atoms with E-state index in [1.54, 1.807) is 0 Å². The number of nitrogens with zero attached hydrogens (tertiary/aromatic N) is 3. The van der Waals surface area contributed by atoms with Gasteiger partial charge in [-0.25, -0.2) is 0 Å². The summed E-state index contributed by atoms with van der Waals surface area (Å²) in [4.78, 5) is 7.72. The third-order valence-electron chi connectivity index (χ3n) is 4.38. The quantitative estimate of drug-likeness (QED) is 0.658. The summed E-state index contributed by atoms with van der Waals surface area (Å²) in [6.07, 6.45) is 4.01. The van der Waals surface area contributed by atoms with E-state index in [4.69, 9.17) is 0 Å². The second-order valence-corrected chi connectivity index (χ2v) is 5.58. The monoisotopic (exact) mass is 255 g/mol. The zero-order valence-corrected chi connectivity index (χ0v) is 13.0. The van der Waals surface area contributed by atoms with Crippen LogP contribution in [0.15, 0.2) is 0 Å². The summed E-state index contributed by atoms with van der Waals surface area (Å²) >= 11 is 0. The molecule has 108 valence electrons. The maximum atomic E-state index is 2.62. The van der Waals surface area contributed by atoms with Crippen LogP contribution in [0.4, 0.5) is 0 Å². The molecule has 0 N–H and O–H groups in total. The Labute approximate surface area is 114 Å². The van der Waals surface area contributed by atoms with Crippen LogP contribution in [0.25, 0.3) is 0 Å². The summed E-state index contributed by atoms with van der Waals surface area (Å²) < 4.78 is 0. The van der Waals surface area contributed by atoms with Gasteiger partial charge in [0.1, 0.15) is 0 Å². The van der Waals surface area contributed by atoms with E-state index in [2.05, 4.69) is 42.5 Å². The molecule has 0 atom stereocenters. The molecule has 1 rings (SSSR count). The fourth-order valence-electron chi connectivity index (χ4n) is 2.92. The smallest absolute Gasteiger partial charge is 0.0117 e. The number of hydrogen-bond donors (Lipinski definition) is 0. The minimum Gasteiger partial charge on any atom is -0.303 e. The molecule has 0 aromatic rings. The molecule has 0 saturated carbocycles. The van der Waals surface area contributed by atoms with Crippen molar-refractivity contribution in [3.05, 3.63) is 0 Å². The van der Waals surface area contributed by atoms with Crippen LogP contribution in [0.3, 0.4) is 0 Å². The van der Waals surface area contributed by atoms with Crippen molar-refractivity contribution in [2.45, 2.75) is 46.1 Å². The largest absolute Gasteiger partial charge is 0.303 e. The minimum atomic E-state index is 0.814. The third kappa shape index (κ3) is 5.25. The van der Waals surface area contributed by atoms with Gasteiger partial charge in [0.05, 0.1) is 0 Å². The van der Waals surface area contributed by atoms with Gasteiger partial charge in [0.15, 0.2) is 0 Å². The molecule has 0 aromatic heterocycles. The maximum absolute atomic E-state index is 2.62. The van der Waals surface area contributed by atoms with Crippen molar-refractivity contribution in [1.82, 2.24) is 14.7 Å². The lowest BCUT2D eigenvalue weighted by Gasteiger charge is -2.37. The highest BCUT2D eigenvalue weighted by molar-refractivity contribution is 4.78. The Hall–Kier alpha value is -0.120. The minimum absolute atomic E-state index is 0.814. The Morgan fingerprint density at radius 2 is 1.61 bits per heavy atom. The lowest BCUT2D eigenvalue weighted by Crippen LogP contribution is -2.45. The average molecular weight is 255 g/mol. The van der Waals surface area contributed by atoms with Crippen molar-refractivity contribution in [3.63, 3.8) is 0 Å². The summed E-state index contributed by atoms with van der Waals surface area (Å²) in [5, 5.41) is 0. The van der Waals surface area contributed by atoms with E-state index in [1.165, 1.54) is 65.1 Å². The highest BCUT2D eigenvalue weighted by atomic mass is 15.2. The molecule has 3 heteroatoms. The van der Waals surface area contributed by atoms with Gasteiger partial charge in [-0.05, 0) is 59.0 Å². The van der Waals surface area contributed by atoms with Crippen molar-refractivity contribution in [3.8, 4) is 0 Å². The summed E-state index contributed by atoms with van der Waals surface area (Å²) in [5.74, 6) is 0. The van der Waals surface area contributed by atoms with Crippen molar-refractivity contribution in [2.75, 3.05) is 52.9 Å². The molecule has 1 heterocycles. The highest BCUT2D eigenvalue weighted by Gasteiger charge is 2.21. The number of likely N-dealkylation sites (N-methyl/N-ethyl adjacent to an activating group) is 2. The molecule has 1 fully saturated rings. The lowest BCUT2D eigenvalue weighted by atomic mass is 10.0. The predicted molar refractivity (Wildman–Crippen MR) is 80.2 cm³/mol. The second-order valence-electron chi connectivity index (χ2n) is 5.58. The highest BCUT2D eigenvalue weighted by Crippen LogP contribution is 2.15. The van der Waals surface area contributed by atoms with Crippen molar-refractivity contribution in [1.29, 1.82) is 0 Å². The first-order chi connectivity index (χ1) is 8.71. The van der Waals surface area contributed by atoms with Gasteiger partial charge in [0.2, 0.25) is 0 Å². The Balaban J connectivity index is 2.21. The lowest BCUT2D eigenvalue weighted by molar-refractivity contribution is 0.118. The Morgan fingerprint density at radius 3 is 2.11 bits per heavy atom. The Kier molecular flexibility index (Phi) is 7.87. The van der Waals surface area contributed by atoms with E-state index in [-0.39, 0.29) is 0 Å². The molecule has 3 nitrogen and oxygen atoms in total. The van der Waals surface area contributed by atoms with Gasteiger partial charge in [-0.2, -0.15) is 0 Å². The number of likely N-dealkylation sites (tertiary alicyclic amines) is 1. The van der Waals surface area contributed by atoms with E-state index < -0.39 is 0 Å². The van der Waals surface area contributed by atoms with E-state index >= 15 is 0 Å². The van der Waals surface area contributed by atoms with E-state index in [1.807, 2.05) is 0 Å². The van der Waals surface area contributed by atoms with Crippen LogP contribution < -0.4 is 0 Å². The molecule has 0 unspecified atom stereocenters. The Morgan fingerprint density at radius 1 is 1.00 bits per heavy atom. The van der Waals surface area contributed by atoms with Crippen molar-refractivity contribution < 1.29 is 0 Å². The molecule has 1 aliphatic rings. The third-order valence-corrected chi connectivity index (χ3v) is 4.38. The van der Waals surface area contributed by atoms with Crippen LogP contribution in [0.1, 0.15) is 40.0 Å². The molecule has 18 heavy (non-hydrogen) atoms.